The first-order chi connectivity index (χ1) is 9.98. The van der Waals surface area contributed by atoms with Crippen molar-refractivity contribution in [2.75, 3.05) is 25.9 Å². The maximum atomic E-state index is 12.7. The van der Waals surface area contributed by atoms with Gasteiger partial charge in [-0.05, 0) is 31.2 Å². The number of hydrogen-bond donors (Lipinski definition) is 1. The first-order valence-electron chi connectivity index (χ1n) is 7.03. The molecule has 1 fully saturated rings. The van der Waals surface area contributed by atoms with Gasteiger partial charge in [-0.2, -0.15) is 16.1 Å². The van der Waals surface area contributed by atoms with Gasteiger partial charge in [0.15, 0.2) is 0 Å². The van der Waals surface area contributed by atoms with Crippen molar-refractivity contribution >= 4 is 33.4 Å². The van der Waals surface area contributed by atoms with Gasteiger partial charge in [0.1, 0.15) is 0 Å². The molecule has 7 heteroatoms. The maximum absolute atomic E-state index is 12.7. The molecule has 0 amide bonds. The molecule has 1 atom stereocenters. The minimum Gasteiger partial charge on any atom is -0.316 e. The monoisotopic (exact) mass is 348 g/mol. The highest BCUT2D eigenvalue weighted by atomic mass is 35.5. The summed E-state index contributed by atoms with van der Waals surface area (Å²) in [6, 6.07) is 4.99. The van der Waals surface area contributed by atoms with Crippen LogP contribution in [0.4, 0.5) is 0 Å². The van der Waals surface area contributed by atoms with E-state index in [1.54, 1.807) is 22.5 Å². The summed E-state index contributed by atoms with van der Waals surface area (Å²) < 4.78 is 27.0. The van der Waals surface area contributed by atoms with Crippen molar-refractivity contribution in [3.8, 4) is 0 Å². The molecule has 0 spiro atoms. The minimum atomic E-state index is -3.44. The molecule has 1 aromatic carbocycles. The molecule has 1 unspecified atom stereocenters. The van der Waals surface area contributed by atoms with E-state index < -0.39 is 10.0 Å². The Balaban J connectivity index is 2.25. The minimum absolute atomic E-state index is 0.286. The van der Waals surface area contributed by atoms with Crippen molar-refractivity contribution in [1.29, 1.82) is 0 Å². The Morgan fingerprint density at radius 3 is 2.86 bits per heavy atom. The molecule has 0 aromatic heterocycles. The predicted octanol–water partition coefficient (Wildman–Crippen LogP) is 2.58. The molecule has 1 aliphatic heterocycles. The highest BCUT2D eigenvalue weighted by molar-refractivity contribution is 8.00. The lowest BCUT2D eigenvalue weighted by Gasteiger charge is -2.31. The van der Waals surface area contributed by atoms with Gasteiger partial charge in [-0.3, -0.25) is 0 Å². The van der Waals surface area contributed by atoms with Gasteiger partial charge >= 0.3 is 0 Å². The number of hydrogen-bond acceptors (Lipinski definition) is 4. The highest BCUT2D eigenvalue weighted by Gasteiger charge is 2.30. The number of nitrogens with one attached hydrogen (secondary N) is 1. The van der Waals surface area contributed by atoms with Gasteiger partial charge < -0.3 is 5.32 Å². The van der Waals surface area contributed by atoms with Crippen LogP contribution in [0.15, 0.2) is 23.1 Å². The number of thioether (sulfide) groups is 1. The number of sulfonamides is 1. The smallest absolute Gasteiger partial charge is 0.243 e. The third-order valence-electron chi connectivity index (χ3n) is 3.59. The van der Waals surface area contributed by atoms with Gasteiger partial charge in [0, 0.05) is 35.7 Å². The van der Waals surface area contributed by atoms with Crippen LogP contribution >= 0.6 is 23.4 Å². The van der Waals surface area contributed by atoms with Crippen LogP contribution in [0, 0.1) is 0 Å². The molecule has 0 saturated carbocycles. The Kier molecular flexibility index (Phi) is 5.96. The normalized spacial score (nSPS) is 20.6. The molecular formula is C14H21ClN2O2S2. The van der Waals surface area contributed by atoms with E-state index >= 15 is 0 Å². The van der Waals surface area contributed by atoms with Crippen LogP contribution in [0.3, 0.4) is 0 Å². The van der Waals surface area contributed by atoms with Crippen LogP contribution in [0.1, 0.15) is 18.9 Å². The number of rotatable bonds is 5. The van der Waals surface area contributed by atoms with E-state index in [4.69, 9.17) is 11.6 Å². The average Bonchev–Trinajstić information content (AvgIpc) is 2.49. The summed E-state index contributed by atoms with van der Waals surface area (Å²) in [5.74, 6) is 0.851. The summed E-state index contributed by atoms with van der Waals surface area (Å²) in [5, 5.41) is 3.88. The van der Waals surface area contributed by atoms with Crippen LogP contribution < -0.4 is 5.32 Å². The van der Waals surface area contributed by atoms with Crippen LogP contribution in [0.5, 0.6) is 0 Å². The van der Waals surface area contributed by atoms with Gasteiger partial charge in [0.25, 0.3) is 0 Å². The van der Waals surface area contributed by atoms with E-state index in [-0.39, 0.29) is 4.90 Å². The van der Waals surface area contributed by atoms with Crippen LogP contribution in [-0.2, 0) is 16.6 Å². The Labute approximate surface area is 136 Å². The molecule has 21 heavy (non-hydrogen) atoms. The molecule has 1 aliphatic rings. The molecule has 1 heterocycles. The molecule has 4 nitrogen and oxygen atoms in total. The number of benzene rings is 1. The number of halogens is 1. The summed E-state index contributed by atoms with van der Waals surface area (Å²) in [4.78, 5) is 0.286. The maximum Gasteiger partial charge on any atom is 0.243 e. The SMILES string of the molecule is CCC1CN(S(=O)(=O)c2ccc(CNC)c(Cl)c2)CCS1. The molecule has 118 valence electrons. The van der Waals surface area contributed by atoms with Crippen LogP contribution in [0.2, 0.25) is 5.02 Å². The van der Waals surface area contributed by atoms with Crippen molar-refractivity contribution in [2.45, 2.75) is 30.0 Å². The van der Waals surface area contributed by atoms with Crippen LogP contribution in [-0.4, -0.2) is 43.9 Å². The van der Waals surface area contributed by atoms with E-state index in [0.717, 1.165) is 17.7 Å². The molecular weight excluding hydrogens is 328 g/mol. The van der Waals surface area contributed by atoms with Crippen molar-refractivity contribution in [3.05, 3.63) is 28.8 Å². The van der Waals surface area contributed by atoms with E-state index in [9.17, 15) is 8.42 Å². The topological polar surface area (TPSA) is 49.4 Å². The van der Waals surface area contributed by atoms with Gasteiger partial charge in [-0.15, -0.1) is 0 Å². The Morgan fingerprint density at radius 2 is 2.24 bits per heavy atom. The molecule has 0 aliphatic carbocycles. The Hall–Kier alpha value is -0.270. The van der Waals surface area contributed by atoms with E-state index in [1.807, 2.05) is 18.8 Å². The summed E-state index contributed by atoms with van der Waals surface area (Å²) in [5.41, 5.74) is 0.902. The molecule has 2 rings (SSSR count). The average molecular weight is 349 g/mol. The third-order valence-corrected chi connectivity index (χ3v) is 7.17. The zero-order valence-corrected chi connectivity index (χ0v) is 14.7. The summed E-state index contributed by atoms with van der Waals surface area (Å²) in [7, 11) is -1.61. The quantitative estimate of drug-likeness (QED) is 0.888. The fourth-order valence-electron chi connectivity index (χ4n) is 2.33. The summed E-state index contributed by atoms with van der Waals surface area (Å²) in [6.07, 6.45) is 0.985. The molecule has 1 aromatic rings. The fraction of sp³-hybridized carbons (Fsp3) is 0.571. The zero-order valence-electron chi connectivity index (χ0n) is 12.3. The number of nitrogens with zero attached hydrogens (tertiary/aromatic N) is 1. The Morgan fingerprint density at radius 1 is 1.48 bits per heavy atom. The zero-order chi connectivity index (χ0) is 15.5. The summed E-state index contributed by atoms with van der Waals surface area (Å²) >= 11 is 8.03. The standard InChI is InChI=1S/C14H21ClN2O2S2/c1-3-12-10-17(6-7-20-12)21(18,19)13-5-4-11(9-16-2)14(15)8-13/h4-5,8,12,16H,3,6-7,9-10H2,1-2H3. The van der Waals surface area contributed by atoms with E-state index in [0.29, 0.717) is 29.9 Å². The molecule has 0 bridgehead atoms. The Bertz CT molecular complexity index is 593. The molecule has 0 radical (unpaired) electrons. The highest BCUT2D eigenvalue weighted by Crippen LogP contribution is 2.28. The molecule has 1 saturated heterocycles. The van der Waals surface area contributed by atoms with Gasteiger partial charge in [0.05, 0.1) is 4.90 Å². The third kappa shape index (κ3) is 3.93. The van der Waals surface area contributed by atoms with E-state index in [1.165, 1.54) is 0 Å². The second-order valence-corrected chi connectivity index (χ2v) is 8.80. The molecule has 1 N–H and O–H groups in total. The lowest BCUT2D eigenvalue weighted by Crippen LogP contribution is -2.41. The van der Waals surface area contributed by atoms with E-state index in [2.05, 4.69) is 12.2 Å². The first kappa shape index (κ1) is 17.1. The first-order valence-corrected chi connectivity index (χ1v) is 9.90. The van der Waals surface area contributed by atoms with Gasteiger partial charge in [-0.1, -0.05) is 24.6 Å². The van der Waals surface area contributed by atoms with Crippen molar-refractivity contribution in [2.24, 2.45) is 0 Å². The fourth-order valence-corrected chi connectivity index (χ4v) is 5.54. The van der Waals surface area contributed by atoms with Gasteiger partial charge in [0.2, 0.25) is 10.0 Å². The largest absolute Gasteiger partial charge is 0.316 e. The van der Waals surface area contributed by atoms with Crippen molar-refractivity contribution in [1.82, 2.24) is 9.62 Å². The second kappa shape index (κ2) is 7.33. The lowest BCUT2D eigenvalue weighted by molar-refractivity contribution is 0.416. The predicted molar refractivity (Wildman–Crippen MR) is 89.5 cm³/mol. The van der Waals surface area contributed by atoms with Crippen LogP contribution in [0.25, 0.3) is 0 Å². The van der Waals surface area contributed by atoms with Crippen molar-refractivity contribution in [3.63, 3.8) is 0 Å². The summed E-state index contributed by atoms with van der Waals surface area (Å²) in [6.45, 7) is 3.87. The second-order valence-electron chi connectivity index (χ2n) is 5.05. The van der Waals surface area contributed by atoms with Gasteiger partial charge in [-0.25, -0.2) is 8.42 Å². The van der Waals surface area contributed by atoms with Crippen molar-refractivity contribution < 1.29 is 8.42 Å². The lowest BCUT2D eigenvalue weighted by atomic mass is 10.2.